The molecule has 31 heavy (non-hydrogen) atoms. The Morgan fingerprint density at radius 1 is 1.39 bits per heavy atom. The third-order valence-corrected chi connectivity index (χ3v) is 8.10. The number of hydrogen-bond acceptors (Lipinski definition) is 7. The Morgan fingerprint density at radius 2 is 2.16 bits per heavy atom. The highest BCUT2D eigenvalue weighted by atomic mass is 35.5. The normalized spacial score (nSPS) is 24.9. The Balaban J connectivity index is 1.77. The Kier molecular flexibility index (Phi) is 5.48. The monoisotopic (exact) mass is 466 g/mol. The molecule has 1 aromatic carbocycles. The minimum Gasteiger partial charge on any atom is -0.380 e. The topological polar surface area (TPSA) is 115 Å². The van der Waals surface area contributed by atoms with Crippen LogP contribution in [0.2, 0.25) is 5.02 Å². The van der Waals surface area contributed by atoms with E-state index >= 15 is 4.39 Å². The number of fused-ring (bicyclic) bond motifs is 1. The molecule has 2 aromatic rings. The Hall–Kier alpha value is -2.56. The first kappa shape index (κ1) is 21.7. The molecule has 2 aliphatic rings. The molecule has 2 N–H and O–H groups in total. The largest absolute Gasteiger partial charge is 0.380 e. The van der Waals surface area contributed by atoms with E-state index in [0.29, 0.717) is 10.6 Å². The zero-order chi connectivity index (χ0) is 22.4. The molecule has 2 atom stereocenters. The number of sulfonamides is 1. The molecule has 1 unspecified atom stereocenters. The molecule has 3 heterocycles. The molecule has 1 saturated heterocycles. The van der Waals surface area contributed by atoms with Crippen molar-refractivity contribution in [1.29, 1.82) is 0 Å². The standard InChI is InChI=1S/C20H20ClFN4O4S/c1-26-19(23)25-20(6-7-30-11-18(20)31(26,28)29)14-8-12(2-4-15(14)22)9-17(27)16-5-3-13(21)10-24-16/h2-5,8,10,18H,6-7,9,11H2,1H3,(H2,23,25)/t18?,20-/m1/s1. The van der Waals surface area contributed by atoms with Gasteiger partial charge >= 0.3 is 0 Å². The first-order valence-electron chi connectivity index (χ1n) is 9.49. The third-order valence-electron chi connectivity index (χ3n) is 5.68. The molecule has 8 nitrogen and oxygen atoms in total. The van der Waals surface area contributed by atoms with E-state index in [1.807, 2.05) is 0 Å². The van der Waals surface area contributed by atoms with Crippen molar-refractivity contribution in [1.82, 2.24) is 9.29 Å². The number of ether oxygens (including phenoxy) is 1. The number of ketones is 1. The van der Waals surface area contributed by atoms with Gasteiger partial charge in [-0.15, -0.1) is 0 Å². The predicted molar refractivity (Wildman–Crippen MR) is 113 cm³/mol. The van der Waals surface area contributed by atoms with Crippen LogP contribution in [0.15, 0.2) is 41.5 Å². The van der Waals surface area contributed by atoms with Gasteiger partial charge in [0.1, 0.15) is 22.3 Å². The van der Waals surface area contributed by atoms with Crippen LogP contribution in [0.4, 0.5) is 4.39 Å². The fourth-order valence-electron chi connectivity index (χ4n) is 3.97. The number of aromatic nitrogens is 1. The number of guanidine groups is 1. The van der Waals surface area contributed by atoms with Gasteiger partial charge in [-0.3, -0.25) is 9.78 Å². The van der Waals surface area contributed by atoms with E-state index < -0.39 is 26.6 Å². The molecule has 0 spiro atoms. The summed E-state index contributed by atoms with van der Waals surface area (Å²) in [7, 11) is -2.62. The van der Waals surface area contributed by atoms with Crippen molar-refractivity contribution in [2.24, 2.45) is 10.7 Å². The molecule has 2 aliphatic heterocycles. The number of benzene rings is 1. The predicted octanol–water partition coefficient (Wildman–Crippen LogP) is 1.87. The molecule has 1 fully saturated rings. The smallest absolute Gasteiger partial charge is 0.245 e. The zero-order valence-electron chi connectivity index (χ0n) is 16.6. The number of Topliss-reactive ketones (excluding diaryl/α,β-unsaturated/α-hetero) is 1. The SMILES string of the molecule is CN1C(N)=N[C@@]2(c3cc(CC(=O)c4ccc(Cl)cn4)ccc3F)CCOCC2S1(=O)=O. The summed E-state index contributed by atoms with van der Waals surface area (Å²) in [4.78, 5) is 21.1. The van der Waals surface area contributed by atoms with Gasteiger partial charge in [-0.1, -0.05) is 17.7 Å². The molecular weight excluding hydrogens is 447 g/mol. The maximum absolute atomic E-state index is 15.0. The first-order valence-corrected chi connectivity index (χ1v) is 11.4. The van der Waals surface area contributed by atoms with Crippen LogP contribution in [0, 0.1) is 5.82 Å². The van der Waals surface area contributed by atoms with E-state index in [4.69, 9.17) is 22.1 Å². The highest BCUT2D eigenvalue weighted by Crippen LogP contribution is 2.44. The van der Waals surface area contributed by atoms with Crippen LogP contribution in [0.25, 0.3) is 0 Å². The van der Waals surface area contributed by atoms with Crippen molar-refractivity contribution >= 4 is 33.4 Å². The second-order valence-corrected chi connectivity index (χ2v) is 10.1. The summed E-state index contributed by atoms with van der Waals surface area (Å²) in [6, 6.07) is 7.25. The average molecular weight is 467 g/mol. The van der Waals surface area contributed by atoms with Gasteiger partial charge in [-0.05, 0) is 29.8 Å². The summed E-state index contributed by atoms with van der Waals surface area (Å²) in [5, 5.41) is -0.728. The Bertz CT molecular complexity index is 1170. The van der Waals surface area contributed by atoms with Crippen molar-refractivity contribution in [3.8, 4) is 0 Å². The summed E-state index contributed by atoms with van der Waals surface area (Å²) in [5.41, 5.74) is 5.27. The fraction of sp³-hybridized carbons (Fsp3) is 0.350. The van der Waals surface area contributed by atoms with Crippen molar-refractivity contribution < 1.29 is 22.3 Å². The summed E-state index contributed by atoms with van der Waals surface area (Å²) in [5.74, 6) is -1.12. The van der Waals surface area contributed by atoms with E-state index in [2.05, 4.69) is 9.98 Å². The number of carbonyl (C=O) groups excluding carboxylic acids is 1. The van der Waals surface area contributed by atoms with Crippen LogP contribution in [-0.4, -0.2) is 55.0 Å². The van der Waals surface area contributed by atoms with Crippen molar-refractivity contribution in [3.63, 3.8) is 0 Å². The van der Waals surface area contributed by atoms with Gasteiger partial charge in [0.2, 0.25) is 16.0 Å². The highest BCUT2D eigenvalue weighted by molar-refractivity contribution is 7.90. The number of halogens is 2. The van der Waals surface area contributed by atoms with Gasteiger partial charge in [0, 0.05) is 38.3 Å². The number of carbonyl (C=O) groups is 1. The summed E-state index contributed by atoms with van der Waals surface area (Å²) < 4.78 is 47.3. The number of aliphatic imine (C=N–C) groups is 1. The molecule has 0 saturated carbocycles. The quantitative estimate of drug-likeness (QED) is 0.688. The average Bonchev–Trinajstić information content (AvgIpc) is 2.74. The van der Waals surface area contributed by atoms with Gasteiger partial charge in [0.15, 0.2) is 5.78 Å². The van der Waals surface area contributed by atoms with E-state index in [0.717, 1.165) is 4.31 Å². The van der Waals surface area contributed by atoms with E-state index in [9.17, 15) is 13.2 Å². The minimum atomic E-state index is -3.92. The molecule has 11 heteroatoms. The summed E-state index contributed by atoms with van der Waals surface area (Å²) >= 11 is 5.81. The van der Waals surface area contributed by atoms with Gasteiger partial charge in [0.05, 0.1) is 11.6 Å². The molecular formula is C20H20ClFN4O4S. The van der Waals surface area contributed by atoms with Crippen molar-refractivity contribution in [2.75, 3.05) is 20.3 Å². The number of pyridine rings is 1. The molecule has 0 bridgehead atoms. The molecule has 0 amide bonds. The highest BCUT2D eigenvalue weighted by Gasteiger charge is 2.55. The van der Waals surface area contributed by atoms with Gasteiger partial charge in [-0.25, -0.2) is 22.1 Å². The molecule has 4 rings (SSSR count). The van der Waals surface area contributed by atoms with Gasteiger partial charge in [0.25, 0.3) is 0 Å². The number of rotatable bonds is 4. The molecule has 0 aliphatic carbocycles. The second kappa shape index (κ2) is 7.85. The van der Waals surface area contributed by atoms with E-state index in [1.54, 1.807) is 6.07 Å². The number of hydrogen-bond donors (Lipinski definition) is 1. The van der Waals surface area contributed by atoms with Crippen LogP contribution < -0.4 is 5.73 Å². The van der Waals surface area contributed by atoms with Crippen molar-refractivity contribution in [3.05, 3.63) is 64.2 Å². The lowest BCUT2D eigenvalue weighted by molar-refractivity contribution is 0.0521. The summed E-state index contributed by atoms with van der Waals surface area (Å²) in [6.07, 6.45) is 1.46. The lowest BCUT2D eigenvalue weighted by atomic mass is 9.81. The van der Waals surface area contributed by atoms with Crippen LogP contribution in [0.1, 0.15) is 28.0 Å². The number of nitrogens with two attached hydrogens (primary N) is 1. The van der Waals surface area contributed by atoms with E-state index in [1.165, 1.54) is 37.5 Å². The molecule has 164 valence electrons. The zero-order valence-corrected chi connectivity index (χ0v) is 18.2. The van der Waals surface area contributed by atoms with Gasteiger partial charge < -0.3 is 10.5 Å². The second-order valence-electron chi connectivity index (χ2n) is 7.50. The third kappa shape index (κ3) is 3.68. The van der Waals surface area contributed by atoms with Crippen molar-refractivity contribution in [2.45, 2.75) is 23.6 Å². The lowest BCUT2D eigenvalue weighted by Crippen LogP contribution is -2.61. The Labute approximate surface area is 183 Å². The van der Waals surface area contributed by atoms with Crippen LogP contribution in [-0.2, 0) is 26.7 Å². The van der Waals surface area contributed by atoms with Crippen LogP contribution in [0.5, 0.6) is 0 Å². The summed E-state index contributed by atoms with van der Waals surface area (Å²) in [6.45, 7) is 0.0601. The molecule has 0 radical (unpaired) electrons. The molecule has 1 aromatic heterocycles. The maximum Gasteiger partial charge on any atom is 0.245 e. The maximum atomic E-state index is 15.0. The lowest BCUT2D eigenvalue weighted by Gasteiger charge is -2.45. The fourth-order valence-corrected chi connectivity index (χ4v) is 5.83. The Morgan fingerprint density at radius 3 is 2.87 bits per heavy atom. The minimum absolute atomic E-state index is 0.0506. The van der Waals surface area contributed by atoms with E-state index in [-0.39, 0.29) is 49.1 Å². The van der Waals surface area contributed by atoms with Crippen LogP contribution >= 0.6 is 11.6 Å². The number of nitrogens with zero attached hydrogens (tertiary/aromatic N) is 3. The van der Waals surface area contributed by atoms with Crippen LogP contribution in [0.3, 0.4) is 0 Å². The first-order chi connectivity index (χ1) is 14.6. The van der Waals surface area contributed by atoms with Gasteiger partial charge in [-0.2, -0.15) is 0 Å².